The third kappa shape index (κ3) is 5.23. The first-order valence-electron chi connectivity index (χ1n) is 6.63. The molecule has 0 aromatic heterocycles. The summed E-state index contributed by atoms with van der Waals surface area (Å²) in [6, 6.07) is 0. The van der Waals surface area contributed by atoms with Gasteiger partial charge < -0.3 is 15.4 Å². The first-order chi connectivity index (χ1) is 8.21. The number of hydrogen-bond donors (Lipinski definition) is 2. The van der Waals surface area contributed by atoms with Crippen LogP contribution < -0.4 is 10.6 Å². The second kappa shape index (κ2) is 5.89. The average Bonchev–Trinajstić information content (AvgIpc) is 2.17. The van der Waals surface area contributed by atoms with Crippen molar-refractivity contribution in [1.82, 2.24) is 15.5 Å². The van der Waals surface area contributed by atoms with Crippen LogP contribution in [0.4, 0.5) is 4.79 Å². The Balaban J connectivity index is 2.27. The molecular weight excluding hydrogens is 230 g/mol. The molecule has 1 rings (SSSR count). The van der Waals surface area contributed by atoms with Gasteiger partial charge >= 0.3 is 6.09 Å². The van der Waals surface area contributed by atoms with Crippen molar-refractivity contribution in [3.05, 3.63) is 0 Å². The predicted octanol–water partition coefficient (Wildman–Crippen LogP) is 1.19. The van der Waals surface area contributed by atoms with Crippen molar-refractivity contribution in [2.45, 2.75) is 45.8 Å². The summed E-state index contributed by atoms with van der Waals surface area (Å²) in [5, 5.41) is 6.18. The standard InChI is InChI=1S/C13H27N3O2/c1-12(2,3)18-11(17)15-7-9-16-8-6-14-10-13(16,4)5/h14H,6-10H2,1-5H3,(H,15,17). The quantitative estimate of drug-likeness (QED) is 0.797. The van der Waals surface area contributed by atoms with E-state index in [9.17, 15) is 4.79 Å². The largest absolute Gasteiger partial charge is 0.444 e. The van der Waals surface area contributed by atoms with Crippen LogP contribution in [0.2, 0.25) is 0 Å². The Hall–Kier alpha value is -0.810. The van der Waals surface area contributed by atoms with Crippen molar-refractivity contribution in [2.75, 3.05) is 32.7 Å². The van der Waals surface area contributed by atoms with E-state index in [2.05, 4.69) is 29.4 Å². The van der Waals surface area contributed by atoms with Gasteiger partial charge in [0.2, 0.25) is 0 Å². The van der Waals surface area contributed by atoms with Crippen LogP contribution in [0.1, 0.15) is 34.6 Å². The number of nitrogens with zero attached hydrogens (tertiary/aromatic N) is 1. The van der Waals surface area contributed by atoms with Gasteiger partial charge in [-0.15, -0.1) is 0 Å². The van der Waals surface area contributed by atoms with E-state index in [1.165, 1.54) is 0 Å². The molecule has 0 aromatic carbocycles. The minimum absolute atomic E-state index is 0.147. The highest BCUT2D eigenvalue weighted by Gasteiger charge is 2.29. The van der Waals surface area contributed by atoms with Gasteiger partial charge in [-0.05, 0) is 34.6 Å². The van der Waals surface area contributed by atoms with Crippen LogP contribution in [0.3, 0.4) is 0 Å². The molecule has 1 fully saturated rings. The summed E-state index contributed by atoms with van der Waals surface area (Å²) in [5.41, 5.74) is -0.285. The first-order valence-corrected chi connectivity index (χ1v) is 6.63. The fourth-order valence-corrected chi connectivity index (χ4v) is 2.04. The monoisotopic (exact) mass is 257 g/mol. The van der Waals surface area contributed by atoms with Crippen LogP contribution in [-0.4, -0.2) is 54.9 Å². The average molecular weight is 257 g/mol. The van der Waals surface area contributed by atoms with Crippen molar-refractivity contribution >= 4 is 6.09 Å². The van der Waals surface area contributed by atoms with E-state index in [1.807, 2.05) is 20.8 Å². The molecule has 1 amide bonds. The van der Waals surface area contributed by atoms with Crippen molar-refractivity contribution < 1.29 is 9.53 Å². The second-order valence-corrected chi connectivity index (χ2v) is 6.40. The number of carbonyl (C=O) groups is 1. The van der Waals surface area contributed by atoms with E-state index in [0.29, 0.717) is 6.54 Å². The molecule has 0 atom stereocenters. The Morgan fingerprint density at radius 3 is 2.67 bits per heavy atom. The molecule has 0 saturated carbocycles. The number of ether oxygens (including phenoxy) is 1. The summed E-state index contributed by atoms with van der Waals surface area (Å²) < 4.78 is 5.20. The van der Waals surface area contributed by atoms with E-state index >= 15 is 0 Å². The van der Waals surface area contributed by atoms with E-state index in [1.54, 1.807) is 0 Å². The zero-order valence-corrected chi connectivity index (χ0v) is 12.3. The molecule has 1 aliphatic heterocycles. The van der Waals surface area contributed by atoms with Gasteiger partial charge in [-0.25, -0.2) is 4.79 Å². The third-order valence-electron chi connectivity index (χ3n) is 3.02. The molecule has 1 aliphatic rings. The number of amides is 1. The number of alkyl carbamates (subject to hydrolysis) is 1. The molecular formula is C13H27N3O2. The van der Waals surface area contributed by atoms with Gasteiger partial charge in [-0.3, -0.25) is 4.90 Å². The minimum atomic E-state index is -0.432. The molecule has 18 heavy (non-hydrogen) atoms. The van der Waals surface area contributed by atoms with Gasteiger partial charge in [0.05, 0.1) is 0 Å². The van der Waals surface area contributed by atoms with Gasteiger partial charge in [0, 0.05) is 38.3 Å². The SMILES string of the molecule is CC(C)(C)OC(=O)NCCN1CCNCC1(C)C. The van der Waals surface area contributed by atoms with E-state index in [4.69, 9.17) is 4.74 Å². The molecule has 0 aromatic rings. The number of carbonyl (C=O) groups excluding carboxylic acids is 1. The van der Waals surface area contributed by atoms with E-state index in [-0.39, 0.29) is 11.6 Å². The van der Waals surface area contributed by atoms with Gasteiger partial charge in [-0.2, -0.15) is 0 Å². The Kier molecular flexibility index (Phi) is 4.99. The Labute approximate surface area is 110 Å². The van der Waals surface area contributed by atoms with Crippen molar-refractivity contribution in [3.8, 4) is 0 Å². The van der Waals surface area contributed by atoms with Gasteiger partial charge in [0.25, 0.3) is 0 Å². The molecule has 0 bridgehead atoms. The Morgan fingerprint density at radius 1 is 1.44 bits per heavy atom. The minimum Gasteiger partial charge on any atom is -0.444 e. The zero-order valence-electron chi connectivity index (χ0n) is 12.3. The van der Waals surface area contributed by atoms with Gasteiger partial charge in [0.15, 0.2) is 0 Å². The lowest BCUT2D eigenvalue weighted by atomic mass is 10.0. The van der Waals surface area contributed by atoms with Gasteiger partial charge in [0.1, 0.15) is 5.60 Å². The summed E-state index contributed by atoms with van der Waals surface area (Å²) in [6.07, 6.45) is -0.338. The van der Waals surface area contributed by atoms with Crippen molar-refractivity contribution in [3.63, 3.8) is 0 Å². The zero-order chi connectivity index (χ0) is 13.8. The summed E-state index contributed by atoms with van der Waals surface area (Å²) in [5.74, 6) is 0. The Morgan fingerprint density at radius 2 is 2.11 bits per heavy atom. The highest BCUT2D eigenvalue weighted by atomic mass is 16.6. The molecule has 1 saturated heterocycles. The summed E-state index contributed by atoms with van der Waals surface area (Å²) in [7, 11) is 0. The van der Waals surface area contributed by atoms with Crippen LogP contribution >= 0.6 is 0 Å². The number of rotatable bonds is 3. The third-order valence-corrected chi connectivity index (χ3v) is 3.02. The normalized spacial score (nSPS) is 20.5. The number of piperazine rings is 1. The molecule has 0 radical (unpaired) electrons. The van der Waals surface area contributed by atoms with Crippen LogP contribution in [-0.2, 0) is 4.74 Å². The first kappa shape index (κ1) is 15.2. The van der Waals surface area contributed by atoms with Crippen molar-refractivity contribution in [2.24, 2.45) is 0 Å². The smallest absolute Gasteiger partial charge is 0.407 e. The maximum absolute atomic E-state index is 11.5. The Bertz CT molecular complexity index is 284. The molecule has 5 heteroatoms. The maximum atomic E-state index is 11.5. The summed E-state index contributed by atoms with van der Waals surface area (Å²) >= 11 is 0. The van der Waals surface area contributed by atoms with Crippen LogP contribution in [0.15, 0.2) is 0 Å². The topological polar surface area (TPSA) is 53.6 Å². The molecule has 0 unspecified atom stereocenters. The summed E-state index contributed by atoms with van der Waals surface area (Å²) in [4.78, 5) is 13.9. The lowest BCUT2D eigenvalue weighted by Crippen LogP contribution is -2.59. The second-order valence-electron chi connectivity index (χ2n) is 6.40. The summed E-state index contributed by atoms with van der Waals surface area (Å²) in [6.45, 7) is 14.5. The lowest BCUT2D eigenvalue weighted by molar-refractivity contribution is 0.0493. The van der Waals surface area contributed by atoms with Crippen LogP contribution in [0.5, 0.6) is 0 Å². The highest BCUT2D eigenvalue weighted by molar-refractivity contribution is 5.67. The molecule has 2 N–H and O–H groups in total. The fraction of sp³-hybridized carbons (Fsp3) is 0.923. The van der Waals surface area contributed by atoms with E-state index in [0.717, 1.165) is 26.2 Å². The molecule has 0 spiro atoms. The van der Waals surface area contributed by atoms with E-state index < -0.39 is 5.60 Å². The molecule has 5 nitrogen and oxygen atoms in total. The highest BCUT2D eigenvalue weighted by Crippen LogP contribution is 2.15. The number of hydrogen-bond acceptors (Lipinski definition) is 4. The maximum Gasteiger partial charge on any atom is 0.407 e. The van der Waals surface area contributed by atoms with Crippen molar-refractivity contribution in [1.29, 1.82) is 0 Å². The van der Waals surface area contributed by atoms with Crippen LogP contribution in [0.25, 0.3) is 0 Å². The van der Waals surface area contributed by atoms with Gasteiger partial charge in [-0.1, -0.05) is 0 Å². The van der Waals surface area contributed by atoms with Crippen LogP contribution in [0, 0.1) is 0 Å². The molecule has 1 heterocycles. The predicted molar refractivity (Wildman–Crippen MR) is 72.8 cm³/mol. The molecule has 0 aliphatic carbocycles. The lowest BCUT2D eigenvalue weighted by Gasteiger charge is -2.42. The fourth-order valence-electron chi connectivity index (χ4n) is 2.04. The molecule has 106 valence electrons. The number of nitrogens with one attached hydrogen (secondary N) is 2.